The molecule has 0 radical (unpaired) electrons. The summed E-state index contributed by atoms with van der Waals surface area (Å²) in [6, 6.07) is 8.51. The van der Waals surface area contributed by atoms with Gasteiger partial charge in [-0.3, -0.25) is 4.99 Å². The van der Waals surface area contributed by atoms with E-state index in [1.807, 2.05) is 20.2 Å². The van der Waals surface area contributed by atoms with Gasteiger partial charge in [0.2, 0.25) is 0 Å². The Morgan fingerprint density at radius 2 is 2.08 bits per heavy atom. The van der Waals surface area contributed by atoms with E-state index in [2.05, 4.69) is 60.8 Å². The van der Waals surface area contributed by atoms with Crippen molar-refractivity contribution in [2.45, 2.75) is 31.7 Å². The van der Waals surface area contributed by atoms with Crippen molar-refractivity contribution in [1.82, 2.24) is 15.6 Å². The van der Waals surface area contributed by atoms with E-state index >= 15 is 0 Å². The van der Waals surface area contributed by atoms with Crippen molar-refractivity contribution in [1.29, 1.82) is 0 Å². The molecule has 130 valence electrons. The third kappa shape index (κ3) is 4.70. The number of nitrogens with zero attached hydrogens (tertiary/aromatic N) is 2. The van der Waals surface area contributed by atoms with Crippen LogP contribution in [0.3, 0.4) is 0 Å². The van der Waals surface area contributed by atoms with Crippen LogP contribution in [-0.2, 0) is 12.0 Å². The molecule has 0 spiro atoms. The van der Waals surface area contributed by atoms with Crippen LogP contribution in [0.4, 0.5) is 0 Å². The second-order valence-electron chi connectivity index (χ2n) is 5.89. The minimum absolute atomic E-state index is 0. The summed E-state index contributed by atoms with van der Waals surface area (Å²) in [6.45, 7) is 3.68. The lowest BCUT2D eigenvalue weighted by Crippen LogP contribution is -2.40. The molecule has 1 saturated carbocycles. The molecule has 0 amide bonds. The Balaban J connectivity index is 0.00000208. The number of guanidine groups is 1. The summed E-state index contributed by atoms with van der Waals surface area (Å²) in [7, 11) is 1.81. The maximum absolute atomic E-state index is 4.32. The molecule has 1 aromatic heterocycles. The van der Waals surface area contributed by atoms with Gasteiger partial charge in [0.05, 0.1) is 11.6 Å². The monoisotopic (exact) mass is 520 g/mol. The van der Waals surface area contributed by atoms with Crippen molar-refractivity contribution in [3.05, 3.63) is 50.4 Å². The smallest absolute Gasteiger partial charge is 0.191 e. The first kappa shape index (κ1) is 19.7. The predicted molar refractivity (Wildman–Crippen MR) is 116 cm³/mol. The van der Waals surface area contributed by atoms with E-state index in [1.54, 1.807) is 11.3 Å². The molecule has 7 heteroatoms. The number of nitrogens with one attached hydrogen (secondary N) is 2. The van der Waals surface area contributed by atoms with Crippen LogP contribution < -0.4 is 10.6 Å². The van der Waals surface area contributed by atoms with Gasteiger partial charge in [-0.25, -0.2) is 4.98 Å². The zero-order valence-electron chi connectivity index (χ0n) is 13.8. The fourth-order valence-corrected chi connectivity index (χ4v) is 4.15. The largest absolute Gasteiger partial charge is 0.356 e. The molecule has 2 aromatic rings. The number of halogens is 2. The van der Waals surface area contributed by atoms with E-state index in [4.69, 9.17) is 0 Å². The predicted octanol–water partition coefficient (Wildman–Crippen LogP) is 4.23. The standard InChI is InChI=1S/C17H21BrN4S.HI/c1-12-20-9-13(23-12)10-21-16(19-2)22-11-17(7-8-17)14-5-3-4-6-15(14)18;/h3-6,9H,7-8,10-11H2,1-2H3,(H2,19,21,22);1H. The molecule has 0 bridgehead atoms. The van der Waals surface area contributed by atoms with E-state index in [1.165, 1.54) is 27.8 Å². The van der Waals surface area contributed by atoms with E-state index in [-0.39, 0.29) is 29.4 Å². The van der Waals surface area contributed by atoms with Crippen molar-refractivity contribution in [3.8, 4) is 0 Å². The maximum Gasteiger partial charge on any atom is 0.191 e. The van der Waals surface area contributed by atoms with Crippen LogP contribution in [0.5, 0.6) is 0 Å². The number of hydrogen-bond donors (Lipinski definition) is 2. The molecule has 2 N–H and O–H groups in total. The zero-order valence-corrected chi connectivity index (χ0v) is 18.5. The lowest BCUT2D eigenvalue weighted by Gasteiger charge is -2.20. The highest BCUT2D eigenvalue weighted by Crippen LogP contribution is 2.49. The van der Waals surface area contributed by atoms with Crippen LogP contribution in [-0.4, -0.2) is 24.5 Å². The Morgan fingerprint density at radius 1 is 1.33 bits per heavy atom. The number of rotatable bonds is 5. The first-order valence-electron chi connectivity index (χ1n) is 7.74. The summed E-state index contributed by atoms with van der Waals surface area (Å²) in [6.07, 6.45) is 4.35. The van der Waals surface area contributed by atoms with Gasteiger partial charge in [-0.15, -0.1) is 35.3 Å². The molecule has 1 fully saturated rings. The SMILES string of the molecule is CN=C(NCc1cnc(C)s1)NCC1(c2ccccc2Br)CC1.I. The molecule has 0 unspecified atom stereocenters. The van der Waals surface area contributed by atoms with E-state index in [0.29, 0.717) is 0 Å². The molecule has 1 heterocycles. The number of aromatic nitrogens is 1. The molecule has 0 atom stereocenters. The number of thiazole rings is 1. The Morgan fingerprint density at radius 3 is 2.67 bits per heavy atom. The summed E-state index contributed by atoms with van der Waals surface area (Å²) in [5.74, 6) is 0.842. The average Bonchev–Trinajstić information content (AvgIpc) is 3.22. The number of benzene rings is 1. The van der Waals surface area contributed by atoms with E-state index in [0.717, 1.165) is 24.1 Å². The fraction of sp³-hybridized carbons (Fsp3) is 0.412. The summed E-state index contributed by atoms with van der Waals surface area (Å²) < 4.78 is 1.20. The van der Waals surface area contributed by atoms with Crippen LogP contribution in [0.2, 0.25) is 0 Å². The molecule has 4 nitrogen and oxygen atoms in total. The number of hydrogen-bond acceptors (Lipinski definition) is 3. The second-order valence-corrected chi connectivity index (χ2v) is 8.06. The van der Waals surface area contributed by atoms with Gasteiger partial charge in [0.15, 0.2) is 5.96 Å². The summed E-state index contributed by atoms with van der Waals surface area (Å²) in [5, 5.41) is 7.93. The Labute approximate surface area is 172 Å². The third-order valence-corrected chi connectivity index (χ3v) is 5.82. The highest BCUT2D eigenvalue weighted by atomic mass is 127. The van der Waals surface area contributed by atoms with Crippen LogP contribution in [0.15, 0.2) is 39.9 Å². The van der Waals surface area contributed by atoms with Gasteiger partial charge < -0.3 is 10.6 Å². The third-order valence-electron chi connectivity index (χ3n) is 4.22. The van der Waals surface area contributed by atoms with Gasteiger partial charge in [0.25, 0.3) is 0 Å². The molecule has 24 heavy (non-hydrogen) atoms. The first-order chi connectivity index (χ1) is 11.1. The van der Waals surface area contributed by atoms with Gasteiger partial charge in [-0.2, -0.15) is 0 Å². The normalized spacial score (nSPS) is 15.5. The van der Waals surface area contributed by atoms with Crippen molar-refractivity contribution in [3.63, 3.8) is 0 Å². The molecular weight excluding hydrogens is 499 g/mol. The van der Waals surface area contributed by atoms with Gasteiger partial charge >= 0.3 is 0 Å². The molecule has 1 aliphatic carbocycles. The fourth-order valence-electron chi connectivity index (χ4n) is 2.71. The van der Waals surface area contributed by atoms with Crippen molar-refractivity contribution >= 4 is 57.2 Å². The minimum atomic E-state index is 0. The maximum atomic E-state index is 4.32. The summed E-state index contributed by atoms with van der Waals surface area (Å²) in [4.78, 5) is 9.82. The van der Waals surface area contributed by atoms with E-state index < -0.39 is 0 Å². The van der Waals surface area contributed by atoms with Crippen LogP contribution in [0.25, 0.3) is 0 Å². The second kappa shape index (κ2) is 8.62. The molecule has 1 aliphatic rings. The highest BCUT2D eigenvalue weighted by molar-refractivity contribution is 14.0. The Bertz CT molecular complexity index is 712. The lowest BCUT2D eigenvalue weighted by molar-refractivity contribution is 0.643. The van der Waals surface area contributed by atoms with Gasteiger partial charge in [-0.05, 0) is 31.4 Å². The van der Waals surface area contributed by atoms with Gasteiger partial charge in [0, 0.05) is 34.6 Å². The van der Waals surface area contributed by atoms with Gasteiger partial charge in [0.1, 0.15) is 0 Å². The molecular formula is C17H22BrIN4S. The van der Waals surface area contributed by atoms with E-state index in [9.17, 15) is 0 Å². The summed E-state index contributed by atoms with van der Waals surface area (Å²) >= 11 is 5.39. The molecule has 0 aliphatic heterocycles. The average molecular weight is 521 g/mol. The van der Waals surface area contributed by atoms with Crippen LogP contribution >= 0.6 is 51.2 Å². The quantitative estimate of drug-likeness (QED) is 0.352. The van der Waals surface area contributed by atoms with Crippen LogP contribution in [0.1, 0.15) is 28.3 Å². The first-order valence-corrected chi connectivity index (χ1v) is 9.35. The van der Waals surface area contributed by atoms with Crippen LogP contribution in [0, 0.1) is 6.92 Å². The molecule has 3 rings (SSSR count). The molecule has 1 aromatic carbocycles. The van der Waals surface area contributed by atoms with Crippen molar-refractivity contribution in [2.75, 3.05) is 13.6 Å². The highest BCUT2D eigenvalue weighted by Gasteiger charge is 2.45. The zero-order chi connectivity index (χ0) is 16.3. The topological polar surface area (TPSA) is 49.3 Å². The number of aliphatic imine (C=N–C) groups is 1. The summed E-state index contributed by atoms with van der Waals surface area (Å²) in [5.41, 5.74) is 1.62. The lowest BCUT2D eigenvalue weighted by atomic mass is 9.96. The number of aryl methyl sites for hydroxylation is 1. The van der Waals surface area contributed by atoms with Crippen molar-refractivity contribution in [2.24, 2.45) is 4.99 Å². The van der Waals surface area contributed by atoms with Gasteiger partial charge in [-0.1, -0.05) is 34.1 Å². The minimum Gasteiger partial charge on any atom is -0.356 e. The Hall–Kier alpha value is -0.670. The Kier molecular flexibility index (Phi) is 7.06. The van der Waals surface area contributed by atoms with Crippen molar-refractivity contribution < 1.29 is 0 Å². The molecule has 0 saturated heterocycles.